The molecule has 1 heterocycles. The largest absolute Gasteiger partial charge is 0.467 e. The third kappa shape index (κ3) is 3.33. The second-order valence-corrected chi connectivity index (χ2v) is 4.70. The first kappa shape index (κ1) is 12.2. The monoisotopic (exact) mass is 236 g/mol. The average molecular weight is 236 g/mol. The van der Waals surface area contributed by atoms with Crippen molar-refractivity contribution in [1.29, 1.82) is 0 Å². The van der Waals surface area contributed by atoms with Gasteiger partial charge < -0.3 is 15.5 Å². The number of carbonyl (C=O) groups excluding carboxylic acids is 1. The predicted octanol–water partition coefficient (Wildman–Crippen LogP) is 2.05. The molecule has 3 N–H and O–H groups in total. The van der Waals surface area contributed by atoms with Crippen LogP contribution < -0.4 is 11.1 Å². The number of hydrogen-bond acceptors (Lipinski definition) is 3. The summed E-state index contributed by atoms with van der Waals surface area (Å²) in [6.07, 6.45) is 7.89. The number of carbonyl (C=O) groups is 1. The molecular formula is C13H20N2O2. The van der Waals surface area contributed by atoms with Crippen molar-refractivity contribution in [2.45, 2.75) is 38.6 Å². The van der Waals surface area contributed by atoms with Crippen molar-refractivity contribution in [3.8, 4) is 0 Å². The molecule has 1 fully saturated rings. The van der Waals surface area contributed by atoms with E-state index in [0.29, 0.717) is 17.9 Å². The summed E-state index contributed by atoms with van der Waals surface area (Å²) in [5.41, 5.74) is 5.99. The Labute approximate surface area is 102 Å². The van der Waals surface area contributed by atoms with Gasteiger partial charge in [0, 0.05) is 6.54 Å². The van der Waals surface area contributed by atoms with Crippen LogP contribution >= 0.6 is 0 Å². The summed E-state index contributed by atoms with van der Waals surface area (Å²) >= 11 is 0. The number of furan rings is 1. The highest BCUT2D eigenvalue weighted by Gasteiger charge is 2.15. The molecule has 94 valence electrons. The number of nitrogens with one attached hydrogen (secondary N) is 1. The van der Waals surface area contributed by atoms with E-state index in [0.717, 1.165) is 18.9 Å². The van der Waals surface area contributed by atoms with Gasteiger partial charge in [-0.15, -0.1) is 0 Å². The molecule has 0 saturated heterocycles. The molecule has 0 spiro atoms. The number of hydrogen-bond donors (Lipinski definition) is 2. The quantitative estimate of drug-likeness (QED) is 0.822. The molecule has 1 amide bonds. The van der Waals surface area contributed by atoms with E-state index in [4.69, 9.17) is 10.2 Å². The van der Waals surface area contributed by atoms with Gasteiger partial charge >= 0.3 is 0 Å². The molecule has 0 unspecified atom stereocenters. The fourth-order valence-electron chi connectivity index (χ4n) is 2.40. The second kappa shape index (κ2) is 5.87. The molecule has 1 aliphatic rings. The number of rotatable bonds is 5. The van der Waals surface area contributed by atoms with E-state index < -0.39 is 0 Å². The Morgan fingerprint density at radius 2 is 2.24 bits per heavy atom. The van der Waals surface area contributed by atoms with Crippen LogP contribution in [0.4, 0.5) is 0 Å². The van der Waals surface area contributed by atoms with Crippen LogP contribution in [0.1, 0.15) is 48.2 Å². The van der Waals surface area contributed by atoms with Crippen molar-refractivity contribution < 1.29 is 9.21 Å². The Kier molecular flexibility index (Phi) is 4.20. The van der Waals surface area contributed by atoms with E-state index in [1.54, 1.807) is 6.07 Å². The molecule has 0 atom stereocenters. The lowest BCUT2D eigenvalue weighted by atomic mass is 10.0. The van der Waals surface area contributed by atoms with Gasteiger partial charge in [0.25, 0.3) is 5.91 Å². The Morgan fingerprint density at radius 1 is 1.47 bits per heavy atom. The predicted molar refractivity (Wildman–Crippen MR) is 65.5 cm³/mol. The first-order valence-corrected chi connectivity index (χ1v) is 6.35. The Morgan fingerprint density at radius 3 is 2.88 bits per heavy atom. The maximum absolute atomic E-state index is 11.7. The van der Waals surface area contributed by atoms with Crippen LogP contribution in [0.2, 0.25) is 0 Å². The molecule has 1 aliphatic carbocycles. The molecule has 0 aromatic carbocycles. The fourth-order valence-corrected chi connectivity index (χ4v) is 2.40. The van der Waals surface area contributed by atoms with Crippen LogP contribution in [0.25, 0.3) is 0 Å². The van der Waals surface area contributed by atoms with Crippen molar-refractivity contribution >= 4 is 5.91 Å². The molecule has 0 aliphatic heterocycles. The van der Waals surface area contributed by atoms with E-state index >= 15 is 0 Å². The van der Waals surface area contributed by atoms with E-state index in [1.807, 2.05) is 0 Å². The maximum Gasteiger partial charge on any atom is 0.254 e. The highest BCUT2D eigenvalue weighted by molar-refractivity contribution is 5.93. The van der Waals surface area contributed by atoms with Gasteiger partial charge in [-0.2, -0.15) is 0 Å². The van der Waals surface area contributed by atoms with E-state index in [1.165, 1.54) is 31.9 Å². The minimum absolute atomic E-state index is 0.0635. The van der Waals surface area contributed by atoms with Gasteiger partial charge in [0.1, 0.15) is 12.0 Å². The fraction of sp³-hybridized carbons (Fsp3) is 0.615. The summed E-state index contributed by atoms with van der Waals surface area (Å²) in [6, 6.07) is 1.70. The summed E-state index contributed by atoms with van der Waals surface area (Å²) in [5.74, 6) is 1.39. The van der Waals surface area contributed by atoms with Crippen LogP contribution in [0.5, 0.6) is 0 Å². The SMILES string of the molecule is NCc1cc(C(=O)NCCC2CCCC2)co1. The number of nitrogens with two attached hydrogens (primary N) is 1. The maximum atomic E-state index is 11.7. The van der Waals surface area contributed by atoms with Crippen LogP contribution in [0.3, 0.4) is 0 Å². The average Bonchev–Trinajstić information content (AvgIpc) is 2.99. The molecule has 17 heavy (non-hydrogen) atoms. The summed E-state index contributed by atoms with van der Waals surface area (Å²) in [7, 11) is 0. The van der Waals surface area contributed by atoms with Gasteiger partial charge in [-0.05, 0) is 18.4 Å². The first-order chi connectivity index (χ1) is 8.29. The lowest BCUT2D eigenvalue weighted by Gasteiger charge is -2.08. The van der Waals surface area contributed by atoms with E-state index in [9.17, 15) is 4.79 Å². The van der Waals surface area contributed by atoms with Gasteiger partial charge in [-0.1, -0.05) is 25.7 Å². The third-order valence-electron chi connectivity index (χ3n) is 3.43. The van der Waals surface area contributed by atoms with Crippen molar-refractivity contribution in [2.24, 2.45) is 11.7 Å². The van der Waals surface area contributed by atoms with Gasteiger partial charge in [0.2, 0.25) is 0 Å². The highest BCUT2D eigenvalue weighted by atomic mass is 16.3. The lowest BCUT2D eigenvalue weighted by molar-refractivity contribution is 0.0951. The van der Waals surface area contributed by atoms with Crippen LogP contribution in [-0.2, 0) is 6.54 Å². The zero-order valence-corrected chi connectivity index (χ0v) is 10.1. The van der Waals surface area contributed by atoms with Crippen molar-refractivity contribution in [1.82, 2.24) is 5.32 Å². The smallest absolute Gasteiger partial charge is 0.254 e. The standard InChI is InChI=1S/C13H20N2O2/c14-8-12-7-11(9-17-12)13(16)15-6-5-10-3-1-2-4-10/h7,9-10H,1-6,8,14H2,(H,15,16). The molecule has 4 nitrogen and oxygen atoms in total. The van der Waals surface area contributed by atoms with Gasteiger partial charge in [-0.25, -0.2) is 0 Å². The minimum Gasteiger partial charge on any atom is -0.467 e. The van der Waals surface area contributed by atoms with Gasteiger partial charge in [0.15, 0.2) is 0 Å². The molecule has 0 bridgehead atoms. The normalized spacial score (nSPS) is 16.3. The second-order valence-electron chi connectivity index (χ2n) is 4.70. The summed E-state index contributed by atoms with van der Waals surface area (Å²) in [4.78, 5) is 11.7. The molecule has 2 rings (SSSR count). The molecule has 4 heteroatoms. The van der Waals surface area contributed by atoms with E-state index in [-0.39, 0.29) is 5.91 Å². The van der Waals surface area contributed by atoms with Gasteiger partial charge in [0.05, 0.1) is 12.1 Å². The van der Waals surface area contributed by atoms with Gasteiger partial charge in [-0.3, -0.25) is 4.79 Å². The first-order valence-electron chi connectivity index (χ1n) is 6.35. The van der Waals surface area contributed by atoms with Crippen LogP contribution in [0.15, 0.2) is 16.7 Å². The topological polar surface area (TPSA) is 68.3 Å². The Balaban J connectivity index is 1.72. The van der Waals surface area contributed by atoms with Crippen LogP contribution in [-0.4, -0.2) is 12.5 Å². The lowest BCUT2D eigenvalue weighted by Crippen LogP contribution is -2.25. The summed E-state index contributed by atoms with van der Waals surface area (Å²) in [5, 5.41) is 2.92. The summed E-state index contributed by atoms with van der Waals surface area (Å²) < 4.78 is 5.13. The van der Waals surface area contributed by atoms with Crippen LogP contribution in [0, 0.1) is 5.92 Å². The highest BCUT2D eigenvalue weighted by Crippen LogP contribution is 2.26. The Bertz CT molecular complexity index is 367. The number of amides is 1. The molecule has 1 aromatic heterocycles. The molecule has 1 saturated carbocycles. The minimum atomic E-state index is -0.0635. The molecule has 0 radical (unpaired) electrons. The molecule has 1 aromatic rings. The molecular weight excluding hydrogens is 216 g/mol. The van der Waals surface area contributed by atoms with Crippen molar-refractivity contribution in [3.63, 3.8) is 0 Å². The zero-order valence-electron chi connectivity index (χ0n) is 10.1. The zero-order chi connectivity index (χ0) is 12.1. The van der Waals surface area contributed by atoms with Crippen molar-refractivity contribution in [3.05, 3.63) is 23.7 Å². The Hall–Kier alpha value is -1.29. The summed E-state index contributed by atoms with van der Waals surface area (Å²) in [6.45, 7) is 1.09. The third-order valence-corrected chi connectivity index (χ3v) is 3.43. The van der Waals surface area contributed by atoms with E-state index in [2.05, 4.69) is 5.32 Å². The van der Waals surface area contributed by atoms with Crippen molar-refractivity contribution in [2.75, 3.05) is 6.54 Å².